The van der Waals surface area contributed by atoms with Gasteiger partial charge in [-0.3, -0.25) is 14.5 Å². The molecule has 2 N–H and O–H groups in total. The minimum absolute atomic E-state index is 0.0854. The number of hydrogen-bond acceptors (Lipinski definition) is 5. The average Bonchev–Trinajstić information content (AvgIpc) is 3.43. The van der Waals surface area contributed by atoms with E-state index < -0.39 is 6.04 Å². The van der Waals surface area contributed by atoms with Crippen molar-refractivity contribution in [2.45, 2.75) is 57.5 Å². The van der Waals surface area contributed by atoms with Crippen LogP contribution in [-0.4, -0.2) is 42.7 Å². The van der Waals surface area contributed by atoms with Gasteiger partial charge in [-0.1, -0.05) is 49.6 Å². The van der Waals surface area contributed by atoms with E-state index in [1.807, 2.05) is 73.8 Å². The minimum Gasteiger partial charge on any atom is -0.494 e. The van der Waals surface area contributed by atoms with Gasteiger partial charge in [-0.05, 0) is 61.2 Å². The number of nitrogens with zero attached hydrogens (tertiary/aromatic N) is 1. The Morgan fingerprint density at radius 1 is 0.976 bits per heavy atom. The van der Waals surface area contributed by atoms with Gasteiger partial charge in [0.2, 0.25) is 11.8 Å². The zero-order chi connectivity index (χ0) is 28.9. The van der Waals surface area contributed by atoms with Crippen LogP contribution in [0.2, 0.25) is 0 Å². The average molecular weight is 568 g/mol. The second-order valence-electron chi connectivity index (χ2n) is 10.9. The van der Waals surface area contributed by atoms with Crippen molar-refractivity contribution in [3.05, 3.63) is 84.1 Å². The molecule has 2 amide bonds. The van der Waals surface area contributed by atoms with Gasteiger partial charge in [0, 0.05) is 34.9 Å². The number of rotatable bonds is 9. The number of H-pyrrole nitrogens is 1. The molecule has 3 aromatic carbocycles. The van der Waals surface area contributed by atoms with E-state index in [1.54, 1.807) is 11.0 Å². The Hall–Kier alpha value is -4.46. The Balaban J connectivity index is 1.42. The molecule has 1 atom stereocenters. The highest BCUT2D eigenvalue weighted by molar-refractivity contribution is 6.03. The molecule has 8 nitrogen and oxygen atoms in total. The molecule has 2 heterocycles. The summed E-state index contributed by atoms with van der Waals surface area (Å²) < 4.78 is 17.3. The van der Waals surface area contributed by atoms with Crippen molar-refractivity contribution < 1.29 is 23.8 Å². The summed E-state index contributed by atoms with van der Waals surface area (Å²) in [5.41, 5.74) is 3.11. The van der Waals surface area contributed by atoms with Gasteiger partial charge in [-0.2, -0.15) is 0 Å². The van der Waals surface area contributed by atoms with Crippen LogP contribution >= 0.6 is 0 Å². The van der Waals surface area contributed by atoms with E-state index >= 15 is 0 Å². The van der Waals surface area contributed by atoms with Crippen molar-refractivity contribution in [1.29, 1.82) is 0 Å². The van der Waals surface area contributed by atoms with Crippen LogP contribution < -0.4 is 24.4 Å². The standard InChI is InChI=1S/C34H37N3O5/c1-2-40-27-15-12-23(13-16-27)33(34(39)36-25-8-4-3-5-9-25)37(26-14-17-30-31(21-26)42-19-18-41-30)32(38)20-24-22-35-29-11-7-6-10-28(24)29/h6-7,10-17,21-22,25,33,35H,2-5,8-9,18-20H2,1H3,(H,36,39)/t33-/m1/s1. The number of hydrogen-bond donors (Lipinski definition) is 2. The summed E-state index contributed by atoms with van der Waals surface area (Å²) in [6.07, 6.45) is 7.22. The molecular weight excluding hydrogens is 530 g/mol. The van der Waals surface area contributed by atoms with Crippen molar-refractivity contribution in [3.63, 3.8) is 0 Å². The maximum Gasteiger partial charge on any atom is 0.248 e. The number of aromatic amines is 1. The normalized spacial score (nSPS) is 15.6. The van der Waals surface area contributed by atoms with Crippen molar-refractivity contribution in [1.82, 2.24) is 10.3 Å². The van der Waals surface area contributed by atoms with Crippen molar-refractivity contribution in [3.8, 4) is 17.2 Å². The Kier molecular flexibility index (Phi) is 8.30. The van der Waals surface area contributed by atoms with Gasteiger partial charge >= 0.3 is 0 Å². The van der Waals surface area contributed by atoms with E-state index in [0.717, 1.165) is 42.1 Å². The molecule has 6 rings (SSSR count). The molecule has 1 aliphatic heterocycles. The summed E-state index contributed by atoms with van der Waals surface area (Å²) in [7, 11) is 0. The molecular formula is C34H37N3O5. The fourth-order valence-electron chi connectivity index (χ4n) is 6.00. The zero-order valence-electron chi connectivity index (χ0n) is 23.9. The highest BCUT2D eigenvalue weighted by Crippen LogP contribution is 2.38. The lowest BCUT2D eigenvalue weighted by Crippen LogP contribution is -2.47. The Bertz CT molecular complexity index is 1540. The fourth-order valence-corrected chi connectivity index (χ4v) is 6.00. The highest BCUT2D eigenvalue weighted by Gasteiger charge is 2.35. The first-order valence-corrected chi connectivity index (χ1v) is 14.9. The molecule has 42 heavy (non-hydrogen) atoms. The Labute approximate surface area is 246 Å². The molecule has 2 aliphatic rings. The summed E-state index contributed by atoms with van der Waals surface area (Å²) in [5.74, 6) is 1.49. The molecule has 0 unspecified atom stereocenters. The van der Waals surface area contributed by atoms with Crippen LogP contribution in [0.3, 0.4) is 0 Å². The van der Waals surface area contributed by atoms with Crippen LogP contribution in [0.4, 0.5) is 5.69 Å². The first kappa shape index (κ1) is 27.7. The first-order chi connectivity index (χ1) is 20.6. The summed E-state index contributed by atoms with van der Waals surface area (Å²) in [6, 6.07) is 20.0. The van der Waals surface area contributed by atoms with Crippen LogP contribution in [0.5, 0.6) is 17.2 Å². The minimum atomic E-state index is -0.900. The van der Waals surface area contributed by atoms with Crippen LogP contribution in [0.1, 0.15) is 56.2 Å². The third kappa shape index (κ3) is 5.93. The van der Waals surface area contributed by atoms with Crippen molar-refractivity contribution >= 4 is 28.4 Å². The summed E-state index contributed by atoms with van der Waals surface area (Å²) in [6.45, 7) is 3.36. The second kappa shape index (κ2) is 12.6. The number of amides is 2. The Morgan fingerprint density at radius 2 is 1.74 bits per heavy atom. The molecule has 1 aromatic heterocycles. The number of carbonyl (C=O) groups excluding carboxylic acids is 2. The lowest BCUT2D eigenvalue weighted by molar-refractivity contribution is -0.127. The van der Waals surface area contributed by atoms with Crippen molar-refractivity contribution in [2.75, 3.05) is 24.7 Å². The van der Waals surface area contributed by atoms with Gasteiger partial charge in [-0.15, -0.1) is 0 Å². The molecule has 0 radical (unpaired) electrons. The predicted octanol–water partition coefficient (Wildman–Crippen LogP) is 6.10. The lowest BCUT2D eigenvalue weighted by atomic mass is 9.94. The van der Waals surface area contributed by atoms with Crippen LogP contribution in [-0.2, 0) is 16.0 Å². The van der Waals surface area contributed by atoms with Crippen LogP contribution in [0.15, 0.2) is 72.9 Å². The molecule has 1 saturated carbocycles. The van der Waals surface area contributed by atoms with Gasteiger partial charge < -0.3 is 24.5 Å². The molecule has 1 aliphatic carbocycles. The Morgan fingerprint density at radius 3 is 2.52 bits per heavy atom. The molecule has 218 valence electrons. The fraction of sp³-hybridized carbons (Fsp3) is 0.353. The number of anilines is 1. The molecule has 4 aromatic rings. The second-order valence-corrected chi connectivity index (χ2v) is 10.9. The number of fused-ring (bicyclic) bond motifs is 2. The maximum absolute atomic E-state index is 14.4. The number of aromatic nitrogens is 1. The molecule has 0 saturated heterocycles. The number of para-hydroxylation sites is 1. The quantitative estimate of drug-likeness (QED) is 0.255. The number of nitrogens with one attached hydrogen (secondary N) is 2. The van der Waals surface area contributed by atoms with Gasteiger partial charge in [0.15, 0.2) is 11.5 Å². The third-order valence-electron chi connectivity index (χ3n) is 8.05. The molecule has 0 bridgehead atoms. The number of carbonyl (C=O) groups is 2. The van der Waals surface area contributed by atoms with Gasteiger partial charge in [0.05, 0.1) is 13.0 Å². The van der Waals surface area contributed by atoms with Crippen LogP contribution in [0, 0.1) is 0 Å². The van der Waals surface area contributed by atoms with E-state index in [9.17, 15) is 9.59 Å². The highest BCUT2D eigenvalue weighted by atomic mass is 16.6. The molecule has 8 heteroatoms. The zero-order valence-corrected chi connectivity index (χ0v) is 23.9. The maximum atomic E-state index is 14.4. The van der Waals surface area contributed by atoms with Crippen molar-refractivity contribution in [2.24, 2.45) is 0 Å². The first-order valence-electron chi connectivity index (χ1n) is 14.9. The smallest absolute Gasteiger partial charge is 0.248 e. The summed E-state index contributed by atoms with van der Waals surface area (Å²) in [4.78, 5) is 33.6. The summed E-state index contributed by atoms with van der Waals surface area (Å²) in [5, 5.41) is 4.27. The van der Waals surface area contributed by atoms with E-state index in [2.05, 4.69) is 10.3 Å². The molecule has 0 spiro atoms. The lowest BCUT2D eigenvalue weighted by Gasteiger charge is -2.34. The third-order valence-corrected chi connectivity index (χ3v) is 8.05. The topological polar surface area (TPSA) is 92.9 Å². The van der Waals surface area contributed by atoms with E-state index in [4.69, 9.17) is 14.2 Å². The monoisotopic (exact) mass is 567 g/mol. The van der Waals surface area contributed by atoms with E-state index in [0.29, 0.717) is 48.3 Å². The van der Waals surface area contributed by atoms with Gasteiger partial charge in [0.1, 0.15) is 25.0 Å². The SMILES string of the molecule is CCOc1ccc([C@H](C(=O)NC2CCCCC2)N(C(=O)Cc2c[nH]c3ccccc23)c2ccc3c(c2)OCCO3)cc1. The number of ether oxygens (including phenoxy) is 3. The molecule has 1 fully saturated rings. The largest absolute Gasteiger partial charge is 0.494 e. The van der Waals surface area contributed by atoms with Gasteiger partial charge in [0.25, 0.3) is 0 Å². The van der Waals surface area contributed by atoms with Crippen LogP contribution in [0.25, 0.3) is 10.9 Å². The van der Waals surface area contributed by atoms with E-state index in [-0.39, 0.29) is 24.3 Å². The van der Waals surface area contributed by atoms with E-state index in [1.165, 1.54) is 6.42 Å². The summed E-state index contributed by atoms with van der Waals surface area (Å²) >= 11 is 0. The predicted molar refractivity (Wildman–Crippen MR) is 162 cm³/mol. The van der Waals surface area contributed by atoms with Gasteiger partial charge in [-0.25, -0.2) is 0 Å². The number of benzene rings is 3.